The number of nitrogens with zero attached hydrogens (tertiary/aromatic N) is 3. The molecule has 0 unspecified atom stereocenters. The van der Waals surface area contributed by atoms with Gasteiger partial charge in [0.2, 0.25) is 5.95 Å². The normalized spacial score (nSPS) is 11.5. The zero-order chi connectivity index (χ0) is 21.7. The topological polar surface area (TPSA) is 109 Å². The third kappa shape index (κ3) is 5.34. The van der Waals surface area contributed by atoms with Gasteiger partial charge >= 0.3 is 5.97 Å². The maximum Gasteiger partial charge on any atom is 0.343 e. The number of hydrogen-bond donors (Lipinski definition) is 2. The fourth-order valence-corrected chi connectivity index (χ4v) is 2.42. The van der Waals surface area contributed by atoms with E-state index >= 15 is 0 Å². The first-order chi connectivity index (χ1) is 14.2. The number of esters is 1. The lowest BCUT2D eigenvalue weighted by Gasteiger charge is -2.15. The number of aromatic nitrogens is 3. The van der Waals surface area contributed by atoms with Gasteiger partial charge in [-0.3, -0.25) is 9.78 Å². The lowest BCUT2D eigenvalue weighted by molar-refractivity contribution is 0.0734. The molecule has 0 aliphatic heterocycles. The summed E-state index contributed by atoms with van der Waals surface area (Å²) in [5.74, 6) is -0.556. The Morgan fingerprint density at radius 2 is 1.77 bits per heavy atom. The van der Waals surface area contributed by atoms with Crippen LogP contribution in [0.4, 0.5) is 10.3 Å². The number of nitrogens with one attached hydrogen (secondary N) is 2. The second-order valence-corrected chi connectivity index (χ2v) is 7.44. The lowest BCUT2D eigenvalue weighted by Crippen LogP contribution is -2.28. The van der Waals surface area contributed by atoms with Crippen molar-refractivity contribution in [1.82, 2.24) is 15.2 Å². The Morgan fingerprint density at radius 1 is 1.10 bits per heavy atom. The Hall–Kier alpha value is -3.88. The van der Waals surface area contributed by atoms with Crippen LogP contribution in [0, 0.1) is 5.82 Å². The third-order valence-electron chi connectivity index (χ3n) is 3.96. The lowest BCUT2D eigenvalue weighted by atomic mass is 9.93. The molecule has 3 rings (SSSR count). The summed E-state index contributed by atoms with van der Waals surface area (Å²) in [4.78, 5) is 26.7. The first-order valence-corrected chi connectivity index (χ1v) is 9.07. The van der Waals surface area contributed by atoms with Gasteiger partial charge in [0.1, 0.15) is 17.3 Å². The van der Waals surface area contributed by atoms with Crippen LogP contribution in [-0.2, 0) is 5.41 Å². The number of aromatic amines is 1. The summed E-state index contributed by atoms with van der Waals surface area (Å²) in [7, 11) is 0. The fourth-order valence-electron chi connectivity index (χ4n) is 2.42. The molecule has 0 saturated carbocycles. The van der Waals surface area contributed by atoms with E-state index in [-0.39, 0.29) is 17.1 Å². The summed E-state index contributed by atoms with van der Waals surface area (Å²) in [6.45, 7) is 5.62. The highest BCUT2D eigenvalue weighted by Gasteiger charge is 2.20. The molecular weight excluding hydrogens is 389 g/mol. The number of hydrazone groups is 1. The standard InChI is InChI=1S/C21H20FN5O3/c1-21(2,3)17-18(28)24-20(27-25-17)26-23-12-13-4-10-16(11-5-13)30-19(29)14-6-8-15(22)9-7-14/h4-12H,1-3H3,(H2,24,26,27,28)/b23-12+. The number of anilines is 1. The van der Waals surface area contributed by atoms with E-state index in [1.54, 1.807) is 24.3 Å². The average Bonchev–Trinajstić information content (AvgIpc) is 2.69. The molecule has 2 N–H and O–H groups in total. The number of carbonyl (C=O) groups is 1. The molecule has 1 aromatic heterocycles. The van der Waals surface area contributed by atoms with Gasteiger partial charge in [0.25, 0.3) is 5.56 Å². The molecule has 1 heterocycles. The molecule has 0 aliphatic rings. The number of hydrogen-bond acceptors (Lipinski definition) is 7. The molecule has 0 amide bonds. The van der Waals surface area contributed by atoms with Crippen molar-refractivity contribution >= 4 is 18.1 Å². The highest BCUT2D eigenvalue weighted by atomic mass is 19.1. The van der Waals surface area contributed by atoms with Crippen molar-refractivity contribution in [1.29, 1.82) is 0 Å². The minimum Gasteiger partial charge on any atom is -0.423 e. The summed E-state index contributed by atoms with van der Waals surface area (Å²) < 4.78 is 18.2. The molecule has 9 heteroatoms. The van der Waals surface area contributed by atoms with Gasteiger partial charge in [-0.15, -0.1) is 10.2 Å². The van der Waals surface area contributed by atoms with E-state index in [1.807, 2.05) is 20.8 Å². The van der Waals surface area contributed by atoms with Gasteiger partial charge < -0.3 is 4.74 Å². The molecule has 0 atom stereocenters. The van der Waals surface area contributed by atoms with Crippen molar-refractivity contribution < 1.29 is 13.9 Å². The Balaban J connectivity index is 1.59. The zero-order valence-electron chi connectivity index (χ0n) is 16.6. The summed E-state index contributed by atoms with van der Waals surface area (Å²) in [6, 6.07) is 11.7. The van der Waals surface area contributed by atoms with E-state index in [1.165, 1.54) is 30.5 Å². The highest BCUT2D eigenvalue weighted by Crippen LogP contribution is 2.16. The Bertz CT molecular complexity index is 1120. The van der Waals surface area contributed by atoms with Crippen LogP contribution in [0.1, 0.15) is 42.4 Å². The molecule has 2 aromatic carbocycles. The van der Waals surface area contributed by atoms with Crippen molar-refractivity contribution in [3.63, 3.8) is 0 Å². The summed E-state index contributed by atoms with van der Waals surface area (Å²) in [5, 5.41) is 11.9. The van der Waals surface area contributed by atoms with E-state index < -0.39 is 17.2 Å². The Labute approximate surface area is 171 Å². The molecule has 30 heavy (non-hydrogen) atoms. The first kappa shape index (κ1) is 20.8. The smallest absolute Gasteiger partial charge is 0.343 e. The van der Waals surface area contributed by atoms with Crippen LogP contribution in [0.3, 0.4) is 0 Å². The second kappa shape index (κ2) is 8.64. The van der Waals surface area contributed by atoms with Crippen molar-refractivity contribution in [2.75, 3.05) is 5.43 Å². The maximum atomic E-state index is 12.9. The molecule has 0 saturated heterocycles. The van der Waals surface area contributed by atoms with Crippen molar-refractivity contribution in [2.24, 2.45) is 5.10 Å². The summed E-state index contributed by atoms with van der Waals surface area (Å²) >= 11 is 0. The van der Waals surface area contributed by atoms with Gasteiger partial charge in [-0.25, -0.2) is 14.6 Å². The summed E-state index contributed by atoms with van der Waals surface area (Å²) in [5.41, 5.74) is 3.16. The number of carbonyl (C=O) groups excluding carboxylic acids is 1. The van der Waals surface area contributed by atoms with E-state index in [9.17, 15) is 14.0 Å². The minimum absolute atomic E-state index is 0.120. The molecule has 0 fully saturated rings. The van der Waals surface area contributed by atoms with E-state index in [2.05, 4.69) is 25.7 Å². The molecule has 3 aromatic rings. The average molecular weight is 409 g/mol. The van der Waals surface area contributed by atoms with Crippen LogP contribution in [0.2, 0.25) is 0 Å². The number of H-pyrrole nitrogens is 1. The Morgan fingerprint density at radius 3 is 2.37 bits per heavy atom. The van der Waals surface area contributed by atoms with Crippen molar-refractivity contribution in [3.05, 3.63) is 81.5 Å². The largest absolute Gasteiger partial charge is 0.423 e. The van der Waals surface area contributed by atoms with E-state index in [4.69, 9.17) is 4.74 Å². The number of rotatable bonds is 5. The molecule has 0 spiro atoms. The quantitative estimate of drug-likeness (QED) is 0.290. The number of benzene rings is 2. The first-order valence-electron chi connectivity index (χ1n) is 9.07. The van der Waals surface area contributed by atoms with Crippen LogP contribution < -0.4 is 15.7 Å². The maximum absolute atomic E-state index is 12.9. The minimum atomic E-state index is -0.584. The third-order valence-corrected chi connectivity index (χ3v) is 3.96. The molecule has 8 nitrogen and oxygen atoms in total. The predicted molar refractivity (Wildman–Crippen MR) is 110 cm³/mol. The Kier molecular flexibility index (Phi) is 6.01. The van der Waals surface area contributed by atoms with Gasteiger partial charge in [-0.1, -0.05) is 20.8 Å². The van der Waals surface area contributed by atoms with Gasteiger partial charge in [-0.05, 0) is 54.1 Å². The summed E-state index contributed by atoms with van der Waals surface area (Å²) in [6.07, 6.45) is 1.50. The van der Waals surface area contributed by atoms with Gasteiger partial charge in [0.15, 0.2) is 0 Å². The van der Waals surface area contributed by atoms with Crippen LogP contribution in [0.5, 0.6) is 5.75 Å². The van der Waals surface area contributed by atoms with Crippen molar-refractivity contribution in [2.45, 2.75) is 26.2 Å². The van der Waals surface area contributed by atoms with Gasteiger partial charge in [-0.2, -0.15) is 5.10 Å². The van der Waals surface area contributed by atoms with Crippen LogP contribution in [0.25, 0.3) is 0 Å². The highest BCUT2D eigenvalue weighted by molar-refractivity contribution is 5.91. The SMILES string of the molecule is CC(C)(C)c1nnc(N/N=C/c2ccc(OC(=O)c3ccc(F)cc3)cc2)[nH]c1=O. The van der Waals surface area contributed by atoms with E-state index in [0.29, 0.717) is 17.0 Å². The predicted octanol–water partition coefficient (Wildman–Crippen LogP) is 3.27. The second-order valence-electron chi connectivity index (χ2n) is 7.44. The number of halogens is 1. The molecule has 0 bridgehead atoms. The van der Waals surface area contributed by atoms with Crippen LogP contribution in [0.15, 0.2) is 58.4 Å². The zero-order valence-corrected chi connectivity index (χ0v) is 16.6. The van der Waals surface area contributed by atoms with E-state index in [0.717, 1.165) is 0 Å². The van der Waals surface area contributed by atoms with Crippen LogP contribution in [-0.4, -0.2) is 27.4 Å². The fraction of sp³-hybridized carbons (Fsp3) is 0.190. The monoisotopic (exact) mass is 409 g/mol. The van der Waals surface area contributed by atoms with Crippen LogP contribution >= 0.6 is 0 Å². The molecule has 0 radical (unpaired) electrons. The molecular formula is C21H20FN5O3. The van der Waals surface area contributed by atoms with Gasteiger partial charge in [0.05, 0.1) is 11.8 Å². The molecule has 154 valence electrons. The van der Waals surface area contributed by atoms with Gasteiger partial charge in [0, 0.05) is 5.41 Å². The number of ether oxygens (including phenoxy) is 1. The molecule has 0 aliphatic carbocycles. The van der Waals surface area contributed by atoms with Crippen molar-refractivity contribution in [3.8, 4) is 5.75 Å².